The Bertz CT molecular complexity index is 611. The third-order valence-corrected chi connectivity index (χ3v) is 4.91. The van der Waals surface area contributed by atoms with Crippen molar-refractivity contribution in [2.45, 2.75) is 18.9 Å². The van der Waals surface area contributed by atoms with E-state index in [9.17, 15) is 14.9 Å². The van der Waals surface area contributed by atoms with Crippen LogP contribution in [0, 0.1) is 10.1 Å². The van der Waals surface area contributed by atoms with E-state index in [0.717, 1.165) is 18.5 Å². The van der Waals surface area contributed by atoms with Crippen LogP contribution in [-0.2, 0) is 9.53 Å². The van der Waals surface area contributed by atoms with E-state index in [1.54, 1.807) is 6.07 Å². The maximum atomic E-state index is 12.3. The number of rotatable bonds is 3. The van der Waals surface area contributed by atoms with Crippen molar-refractivity contribution < 1.29 is 14.5 Å². The number of nitro benzene ring substituents is 1. The van der Waals surface area contributed by atoms with Crippen LogP contribution in [0.4, 0.5) is 11.4 Å². The predicted octanol–water partition coefficient (Wildman–Crippen LogP) is 2.18. The van der Waals surface area contributed by atoms with Gasteiger partial charge in [-0.25, -0.2) is 0 Å². The van der Waals surface area contributed by atoms with Gasteiger partial charge in [0.2, 0.25) is 0 Å². The minimum atomic E-state index is -0.410. The normalized spacial score (nSPS) is 21.5. The molecule has 2 aliphatic heterocycles. The van der Waals surface area contributed by atoms with Crippen LogP contribution in [0.1, 0.15) is 12.8 Å². The van der Waals surface area contributed by atoms with E-state index in [4.69, 9.17) is 4.74 Å². The highest BCUT2D eigenvalue weighted by Gasteiger charge is 2.30. The Morgan fingerprint density at radius 2 is 2.04 bits per heavy atom. The number of hydrogen-bond acceptors (Lipinski definition) is 5. The molecular weight excluding hydrogens is 366 g/mol. The molecule has 0 saturated carbocycles. The van der Waals surface area contributed by atoms with Crippen LogP contribution in [0.25, 0.3) is 0 Å². The minimum Gasteiger partial charge on any atom is -0.368 e. The van der Waals surface area contributed by atoms with Gasteiger partial charge in [0.1, 0.15) is 6.10 Å². The summed E-state index contributed by atoms with van der Waals surface area (Å²) in [7, 11) is 0. The fourth-order valence-electron chi connectivity index (χ4n) is 3.01. The first-order valence-electron chi connectivity index (χ1n) is 7.65. The molecule has 1 aromatic rings. The van der Waals surface area contributed by atoms with Crippen LogP contribution in [-0.4, -0.2) is 54.6 Å². The number of carbonyl (C=O) groups excluding carboxylic acids is 1. The van der Waals surface area contributed by atoms with Crippen molar-refractivity contribution >= 4 is 33.2 Å². The number of benzene rings is 1. The second-order valence-electron chi connectivity index (χ2n) is 5.71. The van der Waals surface area contributed by atoms with Gasteiger partial charge in [-0.1, -0.05) is 0 Å². The zero-order chi connectivity index (χ0) is 16.4. The van der Waals surface area contributed by atoms with Gasteiger partial charge < -0.3 is 14.5 Å². The number of nitro groups is 1. The van der Waals surface area contributed by atoms with Crippen molar-refractivity contribution in [3.63, 3.8) is 0 Å². The van der Waals surface area contributed by atoms with Gasteiger partial charge in [-0.05, 0) is 34.8 Å². The van der Waals surface area contributed by atoms with Gasteiger partial charge in [-0.2, -0.15) is 0 Å². The second-order valence-corrected chi connectivity index (χ2v) is 6.56. The average Bonchev–Trinajstić information content (AvgIpc) is 3.08. The van der Waals surface area contributed by atoms with Crippen molar-refractivity contribution in [2.24, 2.45) is 0 Å². The quantitative estimate of drug-likeness (QED) is 0.590. The van der Waals surface area contributed by atoms with E-state index in [0.29, 0.717) is 37.3 Å². The first kappa shape index (κ1) is 16.2. The summed E-state index contributed by atoms with van der Waals surface area (Å²) in [6.45, 7) is 3.36. The number of halogens is 1. The Labute approximate surface area is 142 Å². The maximum Gasteiger partial charge on any atom is 0.270 e. The molecule has 0 aromatic heterocycles. The molecule has 7 nitrogen and oxygen atoms in total. The largest absolute Gasteiger partial charge is 0.368 e. The molecule has 2 heterocycles. The predicted molar refractivity (Wildman–Crippen MR) is 88.6 cm³/mol. The summed E-state index contributed by atoms with van der Waals surface area (Å²) in [5.74, 6) is 0.0879. The summed E-state index contributed by atoms with van der Waals surface area (Å²) in [6, 6.07) is 4.77. The summed E-state index contributed by atoms with van der Waals surface area (Å²) >= 11 is 3.40. The molecule has 124 valence electrons. The Balaban J connectivity index is 1.62. The summed E-state index contributed by atoms with van der Waals surface area (Å²) in [5, 5.41) is 10.8. The van der Waals surface area contributed by atoms with Crippen molar-refractivity contribution in [1.29, 1.82) is 0 Å². The molecule has 1 amide bonds. The maximum absolute atomic E-state index is 12.3. The lowest BCUT2D eigenvalue weighted by Gasteiger charge is -2.37. The zero-order valence-electron chi connectivity index (χ0n) is 12.6. The molecule has 0 radical (unpaired) electrons. The molecule has 1 aromatic carbocycles. The third kappa shape index (κ3) is 3.48. The Morgan fingerprint density at radius 1 is 1.30 bits per heavy atom. The van der Waals surface area contributed by atoms with Crippen LogP contribution in [0.15, 0.2) is 22.7 Å². The van der Waals surface area contributed by atoms with Gasteiger partial charge in [0.15, 0.2) is 0 Å². The van der Waals surface area contributed by atoms with Gasteiger partial charge >= 0.3 is 0 Å². The molecule has 8 heteroatoms. The molecule has 0 aliphatic carbocycles. The number of ether oxygens (including phenoxy) is 1. The smallest absolute Gasteiger partial charge is 0.270 e. The number of nitrogens with zero attached hydrogens (tertiary/aromatic N) is 3. The minimum absolute atomic E-state index is 0.0628. The number of hydrogen-bond donors (Lipinski definition) is 0. The van der Waals surface area contributed by atoms with Crippen molar-refractivity contribution in [1.82, 2.24) is 4.90 Å². The summed E-state index contributed by atoms with van der Waals surface area (Å²) in [5.41, 5.74) is 0.979. The molecule has 1 unspecified atom stereocenters. The standard InChI is InChI=1S/C15H18BrN3O4/c16-12-10-11(19(21)22)3-4-13(12)17-5-7-18(8-6-17)15(20)14-2-1-9-23-14/h3-4,10,14H,1-2,5-9H2. The SMILES string of the molecule is O=C(C1CCCO1)N1CCN(c2ccc([N+](=O)[O-])cc2Br)CC1. The van der Waals surface area contributed by atoms with Crippen molar-refractivity contribution in [2.75, 3.05) is 37.7 Å². The number of anilines is 1. The summed E-state index contributed by atoms with van der Waals surface area (Å²) in [6.07, 6.45) is 1.49. The summed E-state index contributed by atoms with van der Waals surface area (Å²) in [4.78, 5) is 26.7. The van der Waals surface area contributed by atoms with Gasteiger partial charge in [-0.3, -0.25) is 14.9 Å². The topological polar surface area (TPSA) is 75.9 Å². The van der Waals surface area contributed by atoms with Crippen LogP contribution in [0.3, 0.4) is 0 Å². The number of piperazine rings is 1. The van der Waals surface area contributed by atoms with Crippen molar-refractivity contribution in [3.05, 3.63) is 32.8 Å². The van der Waals surface area contributed by atoms with Crippen LogP contribution >= 0.6 is 15.9 Å². The summed E-state index contributed by atoms with van der Waals surface area (Å²) < 4.78 is 6.16. The average molecular weight is 384 g/mol. The molecule has 2 fully saturated rings. The van der Waals surface area contributed by atoms with Gasteiger partial charge in [0.05, 0.1) is 10.6 Å². The number of amides is 1. The lowest BCUT2D eigenvalue weighted by molar-refractivity contribution is -0.384. The molecule has 1 atom stereocenters. The van der Waals surface area contributed by atoms with Gasteiger partial charge in [0.25, 0.3) is 11.6 Å². The molecule has 2 aliphatic rings. The van der Waals surface area contributed by atoms with E-state index < -0.39 is 4.92 Å². The first-order chi connectivity index (χ1) is 11.1. The van der Waals surface area contributed by atoms with E-state index in [1.165, 1.54) is 12.1 Å². The molecule has 2 saturated heterocycles. The molecule has 23 heavy (non-hydrogen) atoms. The third-order valence-electron chi connectivity index (χ3n) is 4.28. The number of carbonyl (C=O) groups is 1. The van der Waals surface area contributed by atoms with E-state index in [2.05, 4.69) is 20.8 Å². The number of non-ortho nitro benzene ring substituents is 1. The van der Waals surface area contributed by atoms with E-state index in [1.807, 2.05) is 4.90 Å². The monoisotopic (exact) mass is 383 g/mol. The molecule has 0 spiro atoms. The lowest BCUT2D eigenvalue weighted by atomic mass is 10.2. The second kappa shape index (κ2) is 6.84. The molecular formula is C15H18BrN3O4. The fourth-order valence-corrected chi connectivity index (χ4v) is 3.63. The van der Waals surface area contributed by atoms with E-state index in [-0.39, 0.29) is 17.7 Å². The fraction of sp³-hybridized carbons (Fsp3) is 0.533. The lowest BCUT2D eigenvalue weighted by Crippen LogP contribution is -2.51. The molecule has 0 bridgehead atoms. The van der Waals surface area contributed by atoms with Crippen LogP contribution < -0.4 is 4.90 Å². The van der Waals surface area contributed by atoms with Crippen molar-refractivity contribution in [3.8, 4) is 0 Å². The van der Waals surface area contributed by atoms with Gasteiger partial charge in [-0.15, -0.1) is 0 Å². The zero-order valence-corrected chi connectivity index (χ0v) is 14.2. The molecule has 0 N–H and O–H groups in total. The van der Waals surface area contributed by atoms with E-state index >= 15 is 0 Å². The Kier molecular flexibility index (Phi) is 4.82. The molecule has 3 rings (SSSR count). The Hall–Kier alpha value is -1.67. The van der Waals surface area contributed by atoms with Crippen LogP contribution in [0.5, 0.6) is 0 Å². The highest BCUT2D eigenvalue weighted by Crippen LogP contribution is 2.31. The van der Waals surface area contributed by atoms with Crippen LogP contribution in [0.2, 0.25) is 0 Å². The highest BCUT2D eigenvalue weighted by molar-refractivity contribution is 9.10. The highest BCUT2D eigenvalue weighted by atomic mass is 79.9. The van der Waals surface area contributed by atoms with Gasteiger partial charge in [0, 0.05) is 49.4 Å². The Morgan fingerprint density at radius 3 is 2.61 bits per heavy atom. The first-order valence-corrected chi connectivity index (χ1v) is 8.45.